The summed E-state index contributed by atoms with van der Waals surface area (Å²) < 4.78 is 0. The van der Waals surface area contributed by atoms with Crippen LogP contribution in [0.3, 0.4) is 0 Å². The lowest BCUT2D eigenvalue weighted by atomic mass is 9.92. The lowest BCUT2D eigenvalue weighted by Gasteiger charge is -2.38. The van der Waals surface area contributed by atoms with Gasteiger partial charge >= 0.3 is 0 Å². The lowest BCUT2D eigenvalue weighted by Crippen LogP contribution is -2.48. The van der Waals surface area contributed by atoms with Gasteiger partial charge in [-0.05, 0) is 37.1 Å². The van der Waals surface area contributed by atoms with E-state index in [0.29, 0.717) is 19.5 Å². The molecule has 3 rings (SSSR count). The van der Waals surface area contributed by atoms with Gasteiger partial charge in [-0.3, -0.25) is 9.59 Å². The Balaban J connectivity index is 1.91. The highest BCUT2D eigenvalue weighted by Crippen LogP contribution is 2.31. The molecule has 0 unspecified atom stereocenters. The topological polar surface area (TPSA) is 56.4 Å². The molecule has 1 aliphatic rings. The van der Waals surface area contributed by atoms with Crippen molar-refractivity contribution in [1.82, 2.24) is 9.88 Å². The second kappa shape index (κ2) is 7.37. The summed E-state index contributed by atoms with van der Waals surface area (Å²) in [6.45, 7) is 11.5. The van der Waals surface area contributed by atoms with Gasteiger partial charge in [0.15, 0.2) is 0 Å². The number of aromatic nitrogens is 1. The van der Waals surface area contributed by atoms with Crippen LogP contribution >= 0.6 is 0 Å². The highest BCUT2D eigenvalue weighted by Gasteiger charge is 2.29. The third kappa shape index (κ3) is 4.02. The van der Waals surface area contributed by atoms with Crippen molar-refractivity contribution in [2.45, 2.75) is 65.3 Å². The first-order chi connectivity index (χ1) is 12.7. The number of likely N-dealkylation sites (tertiary alicyclic amines) is 1. The molecule has 2 heterocycles. The Hall–Kier alpha value is -2.30. The monoisotopic (exact) mass is 369 g/mol. The molecule has 146 valence electrons. The van der Waals surface area contributed by atoms with Crippen LogP contribution in [-0.2, 0) is 15.0 Å². The van der Waals surface area contributed by atoms with Crippen molar-refractivity contribution in [2.75, 3.05) is 18.0 Å². The molecule has 1 aromatic heterocycles. The molecule has 0 aliphatic carbocycles. The molecule has 0 bridgehead atoms. The molecule has 0 radical (unpaired) electrons. The number of amides is 2. The summed E-state index contributed by atoms with van der Waals surface area (Å²) in [5.74, 6) is 0.257. The number of nitrogens with one attached hydrogen (secondary N) is 1. The zero-order chi connectivity index (χ0) is 19.8. The van der Waals surface area contributed by atoms with Gasteiger partial charge in [-0.25, -0.2) is 0 Å². The first kappa shape index (κ1) is 19.5. The Morgan fingerprint density at radius 2 is 1.85 bits per heavy atom. The van der Waals surface area contributed by atoms with E-state index in [2.05, 4.69) is 44.0 Å². The number of carbonyl (C=O) groups is 2. The highest BCUT2D eigenvalue weighted by molar-refractivity contribution is 5.96. The van der Waals surface area contributed by atoms with Crippen LogP contribution in [0.4, 0.5) is 5.69 Å². The maximum Gasteiger partial charge on any atom is 0.226 e. The first-order valence-corrected chi connectivity index (χ1v) is 9.91. The van der Waals surface area contributed by atoms with E-state index in [4.69, 9.17) is 0 Å². The average Bonchev–Trinajstić information content (AvgIpc) is 3.06. The SMILES string of the molecule is CCC(=O)N(c1ccc2[nH]c(C(C)(C)C)cc2c1)C1CCN(C(C)=O)CC1. The smallest absolute Gasteiger partial charge is 0.226 e. The van der Waals surface area contributed by atoms with Gasteiger partial charge in [0.25, 0.3) is 0 Å². The summed E-state index contributed by atoms with van der Waals surface area (Å²) in [5.41, 5.74) is 3.30. The molecule has 27 heavy (non-hydrogen) atoms. The molecule has 0 saturated carbocycles. The van der Waals surface area contributed by atoms with Crippen LogP contribution in [0.1, 0.15) is 59.6 Å². The third-order valence-corrected chi connectivity index (χ3v) is 5.54. The Labute approximate surface area is 161 Å². The van der Waals surface area contributed by atoms with Gasteiger partial charge in [0.05, 0.1) is 0 Å². The molecule has 5 heteroatoms. The number of anilines is 1. The maximum absolute atomic E-state index is 12.8. The number of benzene rings is 1. The molecule has 2 aromatic rings. The zero-order valence-electron chi connectivity index (χ0n) is 17.1. The number of piperidine rings is 1. The van der Waals surface area contributed by atoms with Crippen LogP contribution < -0.4 is 4.90 Å². The molecular weight excluding hydrogens is 338 g/mol. The number of aromatic amines is 1. The van der Waals surface area contributed by atoms with Crippen molar-refractivity contribution >= 4 is 28.4 Å². The van der Waals surface area contributed by atoms with E-state index in [-0.39, 0.29) is 23.3 Å². The Kier molecular flexibility index (Phi) is 5.31. The molecule has 5 nitrogen and oxygen atoms in total. The van der Waals surface area contributed by atoms with Crippen molar-refractivity contribution in [2.24, 2.45) is 0 Å². The van der Waals surface area contributed by atoms with E-state index in [0.717, 1.165) is 29.4 Å². The van der Waals surface area contributed by atoms with Crippen LogP contribution in [0, 0.1) is 0 Å². The molecule has 1 aromatic carbocycles. The number of nitrogens with zero attached hydrogens (tertiary/aromatic N) is 2. The number of carbonyl (C=O) groups excluding carboxylic acids is 2. The van der Waals surface area contributed by atoms with Crippen LogP contribution in [0.5, 0.6) is 0 Å². The average molecular weight is 370 g/mol. The zero-order valence-corrected chi connectivity index (χ0v) is 17.1. The van der Waals surface area contributed by atoms with Crippen LogP contribution in [0.15, 0.2) is 24.3 Å². The van der Waals surface area contributed by atoms with Gasteiger partial charge < -0.3 is 14.8 Å². The molecule has 1 fully saturated rings. The molecule has 2 amide bonds. The summed E-state index contributed by atoms with van der Waals surface area (Å²) in [6, 6.07) is 8.56. The van der Waals surface area contributed by atoms with Gasteiger partial charge in [-0.15, -0.1) is 0 Å². The van der Waals surface area contributed by atoms with E-state index >= 15 is 0 Å². The minimum atomic E-state index is 0.0532. The molecule has 1 saturated heterocycles. The summed E-state index contributed by atoms with van der Waals surface area (Å²) in [5, 5.41) is 1.13. The van der Waals surface area contributed by atoms with Gasteiger partial charge in [0.1, 0.15) is 0 Å². The van der Waals surface area contributed by atoms with E-state index in [1.165, 1.54) is 5.69 Å². The summed E-state index contributed by atoms with van der Waals surface area (Å²) in [6.07, 6.45) is 2.12. The van der Waals surface area contributed by atoms with Crippen LogP contribution in [0.25, 0.3) is 10.9 Å². The predicted molar refractivity (Wildman–Crippen MR) is 110 cm³/mol. The van der Waals surface area contributed by atoms with Crippen LogP contribution in [-0.4, -0.2) is 40.8 Å². The number of hydrogen-bond donors (Lipinski definition) is 1. The summed E-state index contributed by atoms with van der Waals surface area (Å²) in [7, 11) is 0. The molecule has 1 aliphatic heterocycles. The summed E-state index contributed by atoms with van der Waals surface area (Å²) >= 11 is 0. The van der Waals surface area contributed by atoms with E-state index in [9.17, 15) is 9.59 Å². The van der Waals surface area contributed by atoms with Gasteiger partial charge in [0, 0.05) is 60.2 Å². The van der Waals surface area contributed by atoms with Gasteiger partial charge in [0.2, 0.25) is 11.8 Å². The van der Waals surface area contributed by atoms with E-state index in [1.807, 2.05) is 22.8 Å². The standard InChI is InChI=1S/C22H31N3O2/c1-6-21(27)25(17-9-11-24(12-10-17)15(2)26)18-7-8-19-16(13-18)14-20(23-19)22(3,4)5/h7-8,13-14,17,23H,6,9-12H2,1-5H3. The van der Waals surface area contributed by atoms with Crippen molar-refractivity contribution in [1.29, 1.82) is 0 Å². The largest absolute Gasteiger partial charge is 0.358 e. The Morgan fingerprint density at radius 1 is 1.19 bits per heavy atom. The normalized spacial score (nSPS) is 16.0. The van der Waals surface area contributed by atoms with Crippen molar-refractivity contribution < 1.29 is 9.59 Å². The Morgan fingerprint density at radius 3 is 2.41 bits per heavy atom. The first-order valence-electron chi connectivity index (χ1n) is 9.91. The minimum absolute atomic E-state index is 0.0532. The molecular formula is C22H31N3O2. The van der Waals surface area contributed by atoms with Crippen LogP contribution in [0.2, 0.25) is 0 Å². The number of hydrogen-bond acceptors (Lipinski definition) is 2. The van der Waals surface area contributed by atoms with E-state index in [1.54, 1.807) is 6.92 Å². The number of rotatable bonds is 3. The van der Waals surface area contributed by atoms with Crippen molar-refractivity contribution in [3.8, 4) is 0 Å². The lowest BCUT2D eigenvalue weighted by molar-refractivity contribution is -0.129. The molecule has 0 atom stereocenters. The van der Waals surface area contributed by atoms with Gasteiger partial charge in [-0.1, -0.05) is 27.7 Å². The Bertz CT molecular complexity index is 839. The van der Waals surface area contributed by atoms with Crippen molar-refractivity contribution in [3.63, 3.8) is 0 Å². The predicted octanol–water partition coefficient (Wildman–Crippen LogP) is 4.22. The number of H-pyrrole nitrogens is 1. The highest BCUT2D eigenvalue weighted by atomic mass is 16.2. The second-order valence-corrected chi connectivity index (χ2v) is 8.56. The maximum atomic E-state index is 12.8. The van der Waals surface area contributed by atoms with Crippen molar-refractivity contribution in [3.05, 3.63) is 30.0 Å². The fourth-order valence-corrected chi connectivity index (χ4v) is 3.84. The summed E-state index contributed by atoms with van der Waals surface area (Å²) in [4.78, 5) is 31.7. The third-order valence-electron chi connectivity index (χ3n) is 5.54. The quantitative estimate of drug-likeness (QED) is 0.881. The number of fused-ring (bicyclic) bond motifs is 1. The second-order valence-electron chi connectivity index (χ2n) is 8.56. The van der Waals surface area contributed by atoms with Gasteiger partial charge in [-0.2, -0.15) is 0 Å². The fourth-order valence-electron chi connectivity index (χ4n) is 3.84. The fraction of sp³-hybridized carbons (Fsp3) is 0.545. The minimum Gasteiger partial charge on any atom is -0.358 e. The van der Waals surface area contributed by atoms with E-state index < -0.39 is 0 Å². The molecule has 0 spiro atoms. The molecule has 1 N–H and O–H groups in total.